The van der Waals surface area contributed by atoms with Crippen molar-refractivity contribution in [1.29, 1.82) is 0 Å². The molecule has 2 aliphatic rings. The van der Waals surface area contributed by atoms with Gasteiger partial charge in [0.15, 0.2) is 9.84 Å². The zero-order valence-corrected chi connectivity index (χ0v) is 17.9. The van der Waals surface area contributed by atoms with Gasteiger partial charge in [-0.1, -0.05) is 6.07 Å². The van der Waals surface area contributed by atoms with Crippen LogP contribution in [0.1, 0.15) is 36.6 Å². The summed E-state index contributed by atoms with van der Waals surface area (Å²) in [6, 6.07) is 8.84. The molecule has 1 aliphatic carbocycles. The number of amides is 2. The van der Waals surface area contributed by atoms with Gasteiger partial charge in [0, 0.05) is 28.9 Å². The maximum Gasteiger partial charge on any atom is 0.230 e. The fraction of sp³-hybridized carbons (Fsp3) is 0.429. The first-order chi connectivity index (χ1) is 13.8. The number of rotatable bonds is 7. The summed E-state index contributed by atoms with van der Waals surface area (Å²) in [5.74, 6) is -0.241. The highest BCUT2D eigenvalue weighted by molar-refractivity contribution is 7.91. The number of fused-ring (bicyclic) bond motifs is 1. The molecule has 1 atom stereocenters. The molecule has 0 saturated heterocycles. The lowest BCUT2D eigenvalue weighted by Gasteiger charge is -2.22. The maximum atomic E-state index is 12.7. The Morgan fingerprint density at radius 2 is 2.03 bits per heavy atom. The van der Waals surface area contributed by atoms with Gasteiger partial charge in [0.1, 0.15) is 0 Å². The van der Waals surface area contributed by atoms with Crippen LogP contribution in [0.4, 0.5) is 5.69 Å². The van der Waals surface area contributed by atoms with Gasteiger partial charge in [0.25, 0.3) is 0 Å². The van der Waals surface area contributed by atoms with E-state index in [0.717, 1.165) is 29.0 Å². The second-order valence-electron chi connectivity index (χ2n) is 7.75. The highest BCUT2D eigenvalue weighted by Crippen LogP contribution is 2.39. The summed E-state index contributed by atoms with van der Waals surface area (Å²) in [4.78, 5) is 27.6. The van der Waals surface area contributed by atoms with E-state index in [0.29, 0.717) is 13.0 Å². The minimum atomic E-state index is -3.57. The maximum absolute atomic E-state index is 12.7. The van der Waals surface area contributed by atoms with E-state index in [-0.39, 0.29) is 40.8 Å². The van der Waals surface area contributed by atoms with Crippen LogP contribution in [-0.4, -0.2) is 32.0 Å². The SMILES string of the molecule is C[C@H]1Cc2cc(S(=O)(=O)CCC(=O)NCc3cccs3)ccc2N1C(=O)C1CC1. The molecule has 1 aromatic heterocycles. The minimum Gasteiger partial charge on any atom is -0.351 e. The quantitative estimate of drug-likeness (QED) is 0.729. The average Bonchev–Trinajstić information content (AvgIpc) is 3.31. The lowest BCUT2D eigenvalue weighted by atomic mass is 10.1. The Labute approximate surface area is 174 Å². The zero-order valence-electron chi connectivity index (χ0n) is 16.3. The van der Waals surface area contributed by atoms with E-state index in [1.54, 1.807) is 29.5 Å². The van der Waals surface area contributed by atoms with E-state index in [4.69, 9.17) is 0 Å². The van der Waals surface area contributed by atoms with Crippen molar-refractivity contribution in [2.24, 2.45) is 5.92 Å². The number of nitrogens with one attached hydrogen (secondary N) is 1. The van der Waals surface area contributed by atoms with Gasteiger partial charge in [-0.2, -0.15) is 0 Å². The van der Waals surface area contributed by atoms with Gasteiger partial charge in [-0.05, 0) is 61.4 Å². The van der Waals surface area contributed by atoms with Crippen LogP contribution in [0.2, 0.25) is 0 Å². The van der Waals surface area contributed by atoms with Crippen molar-refractivity contribution in [1.82, 2.24) is 5.32 Å². The summed E-state index contributed by atoms with van der Waals surface area (Å²) in [5, 5.41) is 4.68. The van der Waals surface area contributed by atoms with Crippen molar-refractivity contribution in [2.45, 2.75) is 50.1 Å². The molecular formula is C21H24N2O4S2. The van der Waals surface area contributed by atoms with Crippen LogP contribution in [0, 0.1) is 5.92 Å². The Kier molecular flexibility index (Phi) is 5.48. The van der Waals surface area contributed by atoms with Crippen LogP contribution in [0.15, 0.2) is 40.6 Å². The van der Waals surface area contributed by atoms with Gasteiger partial charge in [-0.25, -0.2) is 8.42 Å². The molecule has 0 unspecified atom stereocenters. The van der Waals surface area contributed by atoms with Crippen LogP contribution in [0.3, 0.4) is 0 Å². The first-order valence-corrected chi connectivity index (χ1v) is 12.4. The number of sulfone groups is 1. The topological polar surface area (TPSA) is 83.6 Å². The fourth-order valence-electron chi connectivity index (χ4n) is 3.70. The molecule has 1 N–H and O–H groups in total. The predicted octanol–water partition coefficient (Wildman–Crippen LogP) is 2.92. The summed E-state index contributed by atoms with van der Waals surface area (Å²) < 4.78 is 25.5. The summed E-state index contributed by atoms with van der Waals surface area (Å²) in [6.45, 7) is 2.41. The van der Waals surface area contributed by atoms with Crippen LogP contribution < -0.4 is 10.2 Å². The standard InChI is InChI=1S/C21H24N2O4S2/c1-14-11-16-12-18(6-7-19(16)23(14)21(25)15-4-5-15)29(26,27)10-8-20(24)22-13-17-3-2-9-28-17/h2-3,6-7,9,12,14-15H,4-5,8,10-11,13H2,1H3,(H,22,24)/t14-/m0/s1. The van der Waals surface area contributed by atoms with E-state index < -0.39 is 9.84 Å². The molecule has 1 fully saturated rings. The summed E-state index contributed by atoms with van der Waals surface area (Å²) >= 11 is 1.54. The predicted molar refractivity (Wildman–Crippen MR) is 113 cm³/mol. The molecule has 1 aromatic carbocycles. The number of nitrogens with zero attached hydrogens (tertiary/aromatic N) is 1. The molecule has 8 heteroatoms. The third kappa shape index (κ3) is 4.38. The van der Waals surface area contributed by atoms with Gasteiger partial charge in [0.05, 0.1) is 17.2 Å². The van der Waals surface area contributed by atoms with E-state index >= 15 is 0 Å². The summed E-state index contributed by atoms with van der Waals surface area (Å²) in [6.07, 6.45) is 2.46. The molecule has 0 bridgehead atoms. The molecular weight excluding hydrogens is 408 g/mol. The van der Waals surface area contributed by atoms with Gasteiger partial charge >= 0.3 is 0 Å². The fourth-order valence-corrected chi connectivity index (χ4v) is 5.63. The number of carbonyl (C=O) groups is 2. The molecule has 2 amide bonds. The third-order valence-corrected chi connectivity index (χ3v) is 8.02. The minimum absolute atomic E-state index is 0.0408. The monoisotopic (exact) mass is 432 g/mol. The van der Waals surface area contributed by atoms with Crippen molar-refractivity contribution < 1.29 is 18.0 Å². The second-order valence-corrected chi connectivity index (χ2v) is 10.9. The van der Waals surface area contributed by atoms with Crippen molar-refractivity contribution in [3.05, 3.63) is 46.2 Å². The molecule has 29 heavy (non-hydrogen) atoms. The zero-order chi connectivity index (χ0) is 20.6. The molecule has 4 rings (SSSR count). The number of thiophene rings is 1. The summed E-state index contributed by atoms with van der Waals surface area (Å²) in [5.41, 5.74) is 1.71. The highest BCUT2D eigenvalue weighted by Gasteiger charge is 2.39. The molecule has 0 radical (unpaired) electrons. The number of hydrogen-bond acceptors (Lipinski definition) is 5. The number of hydrogen-bond donors (Lipinski definition) is 1. The Bertz CT molecular complexity index is 1030. The first-order valence-electron chi connectivity index (χ1n) is 9.83. The molecule has 0 spiro atoms. The van der Waals surface area contributed by atoms with Crippen LogP contribution in [0.5, 0.6) is 0 Å². The smallest absolute Gasteiger partial charge is 0.230 e. The van der Waals surface area contributed by atoms with Crippen LogP contribution in [0.25, 0.3) is 0 Å². The molecule has 1 aliphatic heterocycles. The molecule has 1 saturated carbocycles. The lowest BCUT2D eigenvalue weighted by molar-refractivity contribution is -0.121. The molecule has 2 aromatic rings. The third-order valence-electron chi connectivity index (χ3n) is 5.43. The first kappa shape index (κ1) is 20.1. The largest absolute Gasteiger partial charge is 0.351 e. The Morgan fingerprint density at radius 1 is 1.24 bits per heavy atom. The number of anilines is 1. The van der Waals surface area contributed by atoms with E-state index in [9.17, 15) is 18.0 Å². The lowest BCUT2D eigenvalue weighted by Crippen LogP contribution is -2.36. The van der Waals surface area contributed by atoms with E-state index in [1.807, 2.05) is 29.3 Å². The van der Waals surface area contributed by atoms with Gasteiger partial charge in [-0.15, -0.1) is 11.3 Å². The van der Waals surface area contributed by atoms with Crippen LogP contribution >= 0.6 is 11.3 Å². The molecule has 2 heterocycles. The Hall–Kier alpha value is -2.19. The second kappa shape index (κ2) is 7.91. The normalized spacial score (nSPS) is 18.5. The molecule has 154 valence electrons. The summed E-state index contributed by atoms with van der Waals surface area (Å²) in [7, 11) is -3.57. The Balaban J connectivity index is 1.40. The van der Waals surface area contributed by atoms with Gasteiger partial charge in [-0.3, -0.25) is 9.59 Å². The van der Waals surface area contributed by atoms with Crippen molar-refractivity contribution in [3.8, 4) is 0 Å². The van der Waals surface area contributed by atoms with Gasteiger partial charge < -0.3 is 10.2 Å². The van der Waals surface area contributed by atoms with Crippen LogP contribution in [-0.2, 0) is 32.4 Å². The van der Waals surface area contributed by atoms with E-state index in [1.165, 1.54) is 0 Å². The van der Waals surface area contributed by atoms with Crippen molar-refractivity contribution in [2.75, 3.05) is 10.7 Å². The van der Waals surface area contributed by atoms with Crippen molar-refractivity contribution >= 4 is 38.7 Å². The van der Waals surface area contributed by atoms with E-state index in [2.05, 4.69) is 5.32 Å². The average molecular weight is 433 g/mol. The number of carbonyl (C=O) groups excluding carboxylic acids is 2. The Morgan fingerprint density at radius 3 is 2.72 bits per heavy atom. The van der Waals surface area contributed by atoms with Crippen molar-refractivity contribution in [3.63, 3.8) is 0 Å². The number of benzene rings is 1. The van der Waals surface area contributed by atoms with Gasteiger partial charge in [0.2, 0.25) is 11.8 Å². The molecule has 6 nitrogen and oxygen atoms in total. The highest BCUT2D eigenvalue weighted by atomic mass is 32.2.